The van der Waals surface area contributed by atoms with Gasteiger partial charge in [-0.15, -0.1) is 0 Å². The van der Waals surface area contributed by atoms with Crippen molar-refractivity contribution in [1.82, 2.24) is 4.90 Å². The number of amides is 2. The Morgan fingerprint density at radius 1 is 0.857 bits per heavy atom. The minimum absolute atomic E-state index is 0.143. The Hall–Kier alpha value is -1.68. The summed E-state index contributed by atoms with van der Waals surface area (Å²) in [4.78, 5) is 25.7. The molecule has 2 amide bonds. The van der Waals surface area contributed by atoms with E-state index in [-0.39, 0.29) is 11.8 Å². The Morgan fingerprint density at radius 2 is 1.38 bits per heavy atom. The standard InChI is InChI=1S/C17H23NO3/c1-21-13-9-5-3-2-4-8-12-18-16(19)14-10-6-7-11-15(14)17(18)20/h6-7,10-11H,2-5,8-9,12-13H2,1H3. The van der Waals surface area contributed by atoms with E-state index in [1.54, 1.807) is 31.4 Å². The van der Waals surface area contributed by atoms with E-state index in [0.29, 0.717) is 17.7 Å². The quantitative estimate of drug-likeness (QED) is 0.518. The third-order valence-corrected chi connectivity index (χ3v) is 3.86. The molecule has 0 saturated heterocycles. The number of hydrogen-bond acceptors (Lipinski definition) is 3. The average molecular weight is 289 g/mol. The summed E-state index contributed by atoms with van der Waals surface area (Å²) in [7, 11) is 1.72. The number of methoxy groups -OCH3 is 1. The van der Waals surface area contributed by atoms with E-state index in [4.69, 9.17) is 4.74 Å². The van der Waals surface area contributed by atoms with Gasteiger partial charge >= 0.3 is 0 Å². The number of imide groups is 1. The summed E-state index contributed by atoms with van der Waals surface area (Å²) in [6.45, 7) is 1.36. The molecule has 2 rings (SSSR count). The molecule has 0 N–H and O–H groups in total. The van der Waals surface area contributed by atoms with E-state index in [0.717, 1.165) is 32.3 Å². The van der Waals surface area contributed by atoms with Crippen molar-refractivity contribution in [3.63, 3.8) is 0 Å². The summed E-state index contributed by atoms with van der Waals surface area (Å²) in [6, 6.07) is 7.05. The van der Waals surface area contributed by atoms with Crippen LogP contribution < -0.4 is 0 Å². The lowest BCUT2D eigenvalue weighted by Gasteiger charge is -2.13. The Bertz CT molecular complexity index is 464. The van der Waals surface area contributed by atoms with Gasteiger partial charge in [0.2, 0.25) is 0 Å². The molecule has 0 fully saturated rings. The van der Waals surface area contributed by atoms with Crippen LogP contribution in [0.2, 0.25) is 0 Å². The summed E-state index contributed by atoms with van der Waals surface area (Å²) in [5.41, 5.74) is 1.09. The Labute approximate surface area is 126 Å². The topological polar surface area (TPSA) is 46.6 Å². The van der Waals surface area contributed by atoms with Crippen LogP contribution in [0.5, 0.6) is 0 Å². The van der Waals surface area contributed by atoms with Gasteiger partial charge in [-0.1, -0.05) is 37.8 Å². The van der Waals surface area contributed by atoms with Crippen LogP contribution in [-0.4, -0.2) is 37.0 Å². The highest BCUT2D eigenvalue weighted by Crippen LogP contribution is 2.22. The van der Waals surface area contributed by atoms with Gasteiger partial charge in [0.15, 0.2) is 0 Å². The van der Waals surface area contributed by atoms with Gasteiger partial charge in [-0.05, 0) is 25.0 Å². The molecule has 21 heavy (non-hydrogen) atoms. The van der Waals surface area contributed by atoms with Gasteiger partial charge in [0, 0.05) is 20.3 Å². The normalized spacial score (nSPS) is 13.9. The van der Waals surface area contributed by atoms with E-state index >= 15 is 0 Å². The zero-order valence-corrected chi connectivity index (χ0v) is 12.6. The van der Waals surface area contributed by atoms with E-state index < -0.39 is 0 Å². The molecule has 1 aromatic rings. The predicted octanol–water partition coefficient (Wildman–Crippen LogP) is 3.27. The molecule has 0 atom stereocenters. The number of rotatable bonds is 9. The Balaban J connectivity index is 1.69. The van der Waals surface area contributed by atoms with Crippen LogP contribution in [0.3, 0.4) is 0 Å². The van der Waals surface area contributed by atoms with Crippen molar-refractivity contribution >= 4 is 11.8 Å². The van der Waals surface area contributed by atoms with Gasteiger partial charge in [-0.3, -0.25) is 14.5 Å². The molecule has 1 aliphatic rings. The molecule has 0 aromatic heterocycles. The highest BCUT2D eigenvalue weighted by Gasteiger charge is 2.34. The number of ether oxygens (including phenoxy) is 1. The van der Waals surface area contributed by atoms with Crippen molar-refractivity contribution in [3.05, 3.63) is 35.4 Å². The smallest absolute Gasteiger partial charge is 0.261 e. The summed E-state index contributed by atoms with van der Waals surface area (Å²) >= 11 is 0. The predicted molar refractivity (Wildman–Crippen MR) is 81.4 cm³/mol. The lowest BCUT2D eigenvalue weighted by molar-refractivity contribution is 0.0651. The first kappa shape index (κ1) is 15.7. The zero-order valence-electron chi connectivity index (χ0n) is 12.6. The van der Waals surface area contributed by atoms with Crippen molar-refractivity contribution in [2.24, 2.45) is 0 Å². The lowest BCUT2D eigenvalue weighted by Crippen LogP contribution is -2.30. The first-order valence-corrected chi connectivity index (χ1v) is 7.70. The highest BCUT2D eigenvalue weighted by molar-refractivity contribution is 6.21. The third-order valence-electron chi connectivity index (χ3n) is 3.86. The highest BCUT2D eigenvalue weighted by atomic mass is 16.5. The van der Waals surface area contributed by atoms with Gasteiger partial charge < -0.3 is 4.74 Å². The van der Waals surface area contributed by atoms with Gasteiger partial charge in [0.25, 0.3) is 11.8 Å². The number of carbonyl (C=O) groups is 2. The monoisotopic (exact) mass is 289 g/mol. The Morgan fingerprint density at radius 3 is 1.95 bits per heavy atom. The molecule has 4 nitrogen and oxygen atoms in total. The number of carbonyl (C=O) groups excluding carboxylic acids is 2. The molecule has 1 aliphatic heterocycles. The van der Waals surface area contributed by atoms with Crippen LogP contribution in [0.4, 0.5) is 0 Å². The number of benzene rings is 1. The minimum Gasteiger partial charge on any atom is -0.385 e. The summed E-state index contributed by atoms with van der Waals surface area (Å²) in [5.74, 6) is -0.286. The van der Waals surface area contributed by atoms with E-state index in [2.05, 4.69) is 0 Å². The van der Waals surface area contributed by atoms with E-state index in [1.165, 1.54) is 17.7 Å². The first-order valence-electron chi connectivity index (χ1n) is 7.70. The van der Waals surface area contributed by atoms with Crippen LogP contribution in [0.15, 0.2) is 24.3 Å². The van der Waals surface area contributed by atoms with Crippen molar-refractivity contribution in [1.29, 1.82) is 0 Å². The maximum atomic E-state index is 12.1. The fourth-order valence-corrected chi connectivity index (χ4v) is 2.67. The maximum absolute atomic E-state index is 12.1. The fraction of sp³-hybridized carbons (Fsp3) is 0.529. The van der Waals surface area contributed by atoms with Gasteiger partial charge in [-0.2, -0.15) is 0 Å². The van der Waals surface area contributed by atoms with Crippen LogP contribution in [0, 0.1) is 0 Å². The van der Waals surface area contributed by atoms with Crippen LogP contribution in [0.25, 0.3) is 0 Å². The number of unbranched alkanes of at least 4 members (excludes halogenated alkanes) is 5. The van der Waals surface area contributed by atoms with Crippen LogP contribution >= 0.6 is 0 Å². The van der Waals surface area contributed by atoms with Crippen molar-refractivity contribution in [2.75, 3.05) is 20.3 Å². The number of hydrogen-bond donors (Lipinski definition) is 0. The number of nitrogens with zero attached hydrogens (tertiary/aromatic N) is 1. The van der Waals surface area contributed by atoms with Gasteiger partial charge in [0.05, 0.1) is 11.1 Å². The molecule has 0 unspecified atom stereocenters. The van der Waals surface area contributed by atoms with Crippen LogP contribution in [-0.2, 0) is 4.74 Å². The maximum Gasteiger partial charge on any atom is 0.261 e. The first-order chi connectivity index (χ1) is 10.3. The molecule has 0 saturated carbocycles. The molecular weight excluding hydrogens is 266 g/mol. The van der Waals surface area contributed by atoms with Crippen molar-refractivity contribution in [3.8, 4) is 0 Å². The second-order valence-electron chi connectivity index (χ2n) is 5.42. The zero-order chi connectivity index (χ0) is 15.1. The van der Waals surface area contributed by atoms with Gasteiger partial charge in [-0.25, -0.2) is 0 Å². The Kier molecular flexibility index (Phi) is 5.93. The fourth-order valence-electron chi connectivity index (χ4n) is 2.67. The SMILES string of the molecule is COCCCCCCCCN1C(=O)c2ccccc2C1=O. The average Bonchev–Trinajstić information content (AvgIpc) is 2.75. The third kappa shape index (κ3) is 3.91. The summed E-state index contributed by atoms with van der Waals surface area (Å²) in [6.07, 6.45) is 6.56. The molecule has 1 heterocycles. The molecule has 0 spiro atoms. The largest absolute Gasteiger partial charge is 0.385 e. The number of fused-ring (bicyclic) bond motifs is 1. The van der Waals surface area contributed by atoms with Crippen molar-refractivity contribution in [2.45, 2.75) is 38.5 Å². The van der Waals surface area contributed by atoms with Crippen LogP contribution in [0.1, 0.15) is 59.2 Å². The van der Waals surface area contributed by atoms with Crippen molar-refractivity contribution < 1.29 is 14.3 Å². The molecule has 1 aromatic carbocycles. The second kappa shape index (κ2) is 7.93. The minimum atomic E-state index is -0.143. The molecule has 0 radical (unpaired) electrons. The molecule has 114 valence electrons. The summed E-state index contributed by atoms with van der Waals surface area (Å²) < 4.78 is 5.01. The molecule has 4 heteroatoms. The second-order valence-corrected chi connectivity index (χ2v) is 5.42. The molecular formula is C17H23NO3. The van der Waals surface area contributed by atoms with E-state index in [1.807, 2.05) is 0 Å². The lowest BCUT2D eigenvalue weighted by atomic mass is 10.1. The van der Waals surface area contributed by atoms with Gasteiger partial charge in [0.1, 0.15) is 0 Å². The summed E-state index contributed by atoms with van der Waals surface area (Å²) in [5, 5.41) is 0. The van der Waals surface area contributed by atoms with E-state index in [9.17, 15) is 9.59 Å². The molecule has 0 bridgehead atoms. The molecule has 0 aliphatic carbocycles.